The maximum absolute atomic E-state index is 13.1. The summed E-state index contributed by atoms with van der Waals surface area (Å²) in [7, 11) is 0. The second-order valence-electron chi connectivity index (χ2n) is 6.39. The minimum absolute atomic E-state index is 0.149. The van der Waals surface area contributed by atoms with Gasteiger partial charge in [-0.15, -0.1) is 0 Å². The van der Waals surface area contributed by atoms with Gasteiger partial charge in [0.2, 0.25) is 5.06 Å². The molecule has 0 saturated carbocycles. The molecule has 5 nitrogen and oxygen atoms in total. The Morgan fingerprint density at radius 1 is 1.14 bits per heavy atom. The van der Waals surface area contributed by atoms with Crippen LogP contribution in [0.4, 0.5) is 28.8 Å². The van der Waals surface area contributed by atoms with Gasteiger partial charge in [-0.3, -0.25) is 10.2 Å². The number of thiazole rings is 1. The molecule has 4 rings (SSSR count). The normalized spacial score (nSPS) is 13.7. The van der Waals surface area contributed by atoms with Gasteiger partial charge in [-0.2, -0.15) is 13.2 Å². The minimum Gasteiger partial charge on any atom is -0.444 e. The molecule has 0 unspecified atom stereocenters. The largest absolute Gasteiger partial charge is 0.444 e. The van der Waals surface area contributed by atoms with E-state index in [1.807, 2.05) is 24.3 Å². The first-order valence-corrected chi connectivity index (χ1v) is 9.70. The van der Waals surface area contributed by atoms with Gasteiger partial charge in [0, 0.05) is 12.2 Å². The summed E-state index contributed by atoms with van der Waals surface area (Å²) in [5, 5.41) is 3.09. The quantitative estimate of drug-likeness (QED) is 0.572. The van der Waals surface area contributed by atoms with Crippen LogP contribution in [-0.2, 0) is 12.6 Å². The lowest BCUT2D eigenvalue weighted by Crippen LogP contribution is -2.38. The minimum atomic E-state index is -4.53. The summed E-state index contributed by atoms with van der Waals surface area (Å²) in [5.41, 5.74) is 1.08. The zero-order valence-electron chi connectivity index (χ0n) is 15.1. The van der Waals surface area contributed by atoms with E-state index < -0.39 is 11.7 Å². The molecule has 0 saturated heterocycles. The summed E-state index contributed by atoms with van der Waals surface area (Å²) in [6.45, 7) is 0.580. The van der Waals surface area contributed by atoms with Crippen LogP contribution in [0.2, 0.25) is 0 Å². The van der Waals surface area contributed by atoms with E-state index in [1.165, 1.54) is 24.4 Å². The SMILES string of the molecule is O=C(Nc1ncc(Oc2ccccc2C(F)(F)F)s1)N1CCCc2ccccc21. The van der Waals surface area contributed by atoms with Crippen LogP contribution < -0.4 is 15.0 Å². The van der Waals surface area contributed by atoms with Crippen LogP contribution >= 0.6 is 11.3 Å². The molecule has 1 aromatic heterocycles. The first-order valence-electron chi connectivity index (χ1n) is 8.88. The lowest BCUT2D eigenvalue weighted by atomic mass is 10.0. The van der Waals surface area contributed by atoms with Crippen molar-refractivity contribution < 1.29 is 22.7 Å². The Bertz CT molecular complexity index is 1040. The van der Waals surface area contributed by atoms with E-state index in [0.717, 1.165) is 41.5 Å². The van der Waals surface area contributed by atoms with Gasteiger partial charge in [0.05, 0.1) is 11.8 Å². The van der Waals surface area contributed by atoms with Crippen molar-refractivity contribution in [1.29, 1.82) is 0 Å². The number of rotatable bonds is 3. The second-order valence-corrected chi connectivity index (χ2v) is 7.39. The van der Waals surface area contributed by atoms with Crippen molar-refractivity contribution in [3.63, 3.8) is 0 Å². The van der Waals surface area contributed by atoms with Crippen LogP contribution in [0.5, 0.6) is 10.8 Å². The van der Waals surface area contributed by atoms with Gasteiger partial charge in [-0.1, -0.05) is 41.7 Å². The highest BCUT2D eigenvalue weighted by molar-refractivity contribution is 7.17. The van der Waals surface area contributed by atoms with Crippen LogP contribution in [-0.4, -0.2) is 17.6 Å². The number of carbonyl (C=O) groups excluding carboxylic acids is 1. The number of aromatic nitrogens is 1. The fraction of sp³-hybridized carbons (Fsp3) is 0.200. The molecule has 2 aromatic carbocycles. The van der Waals surface area contributed by atoms with Gasteiger partial charge in [0.15, 0.2) is 5.13 Å². The third-order valence-corrected chi connectivity index (χ3v) is 5.25. The number of nitrogens with zero attached hydrogens (tertiary/aromatic N) is 2. The molecule has 0 aliphatic carbocycles. The maximum atomic E-state index is 13.1. The van der Waals surface area contributed by atoms with Gasteiger partial charge in [-0.05, 0) is 36.6 Å². The predicted molar refractivity (Wildman–Crippen MR) is 105 cm³/mol. The molecule has 0 atom stereocenters. The molecular weight excluding hydrogens is 403 g/mol. The number of anilines is 2. The molecule has 3 aromatic rings. The molecule has 2 heterocycles. The van der Waals surface area contributed by atoms with E-state index in [9.17, 15) is 18.0 Å². The zero-order chi connectivity index (χ0) is 20.4. The number of amides is 2. The number of fused-ring (bicyclic) bond motifs is 1. The third-order valence-electron chi connectivity index (χ3n) is 4.46. The Kier molecular flexibility index (Phi) is 5.14. The summed E-state index contributed by atoms with van der Waals surface area (Å²) in [6.07, 6.45) is -1.48. The molecule has 1 aliphatic heterocycles. The third kappa shape index (κ3) is 4.19. The summed E-state index contributed by atoms with van der Waals surface area (Å²) in [4.78, 5) is 18.4. The molecule has 0 spiro atoms. The molecule has 0 bridgehead atoms. The molecule has 1 aliphatic rings. The topological polar surface area (TPSA) is 54.5 Å². The van der Waals surface area contributed by atoms with Crippen molar-refractivity contribution in [3.05, 3.63) is 65.9 Å². The number of benzene rings is 2. The van der Waals surface area contributed by atoms with Crippen molar-refractivity contribution in [1.82, 2.24) is 4.98 Å². The number of alkyl halides is 3. The van der Waals surface area contributed by atoms with E-state index in [-0.39, 0.29) is 22.0 Å². The Labute approximate surface area is 168 Å². The maximum Gasteiger partial charge on any atom is 0.419 e. The fourth-order valence-electron chi connectivity index (χ4n) is 3.17. The first-order chi connectivity index (χ1) is 13.9. The summed E-state index contributed by atoms with van der Waals surface area (Å²) in [6, 6.07) is 12.3. The standard InChI is InChI=1S/C20H16F3N3O2S/c21-20(22,23)14-8-2-4-10-16(14)28-17-12-24-18(29-17)25-19(27)26-11-5-7-13-6-1-3-9-15(13)26/h1-4,6,8-10,12H,5,7,11H2,(H,24,25,27). The Balaban J connectivity index is 1.48. The average molecular weight is 419 g/mol. The zero-order valence-corrected chi connectivity index (χ0v) is 15.9. The molecule has 2 amide bonds. The van der Waals surface area contributed by atoms with Gasteiger partial charge >= 0.3 is 12.2 Å². The molecule has 29 heavy (non-hydrogen) atoms. The highest BCUT2D eigenvalue weighted by atomic mass is 32.1. The number of urea groups is 1. The van der Waals surface area contributed by atoms with Crippen molar-refractivity contribution in [2.24, 2.45) is 0 Å². The van der Waals surface area contributed by atoms with Gasteiger partial charge in [-0.25, -0.2) is 9.78 Å². The molecule has 150 valence electrons. The lowest BCUT2D eigenvalue weighted by Gasteiger charge is -2.29. The number of ether oxygens (including phenoxy) is 1. The fourth-order valence-corrected chi connectivity index (χ4v) is 3.84. The molecular formula is C20H16F3N3O2S. The number of hydrogen-bond donors (Lipinski definition) is 1. The lowest BCUT2D eigenvalue weighted by molar-refractivity contribution is -0.138. The van der Waals surface area contributed by atoms with Crippen LogP contribution in [0, 0.1) is 0 Å². The highest BCUT2D eigenvalue weighted by Gasteiger charge is 2.34. The number of nitrogens with one attached hydrogen (secondary N) is 1. The summed E-state index contributed by atoms with van der Waals surface area (Å²) >= 11 is 0.961. The van der Waals surface area contributed by atoms with E-state index in [0.29, 0.717) is 6.54 Å². The van der Waals surface area contributed by atoms with Gasteiger partial charge in [0.25, 0.3) is 0 Å². The molecule has 9 heteroatoms. The van der Waals surface area contributed by atoms with Crippen LogP contribution in [0.25, 0.3) is 0 Å². The Morgan fingerprint density at radius 2 is 1.90 bits per heavy atom. The van der Waals surface area contributed by atoms with E-state index in [1.54, 1.807) is 4.90 Å². The molecule has 1 N–H and O–H groups in total. The first kappa shape index (κ1) is 19.3. The summed E-state index contributed by atoms with van der Waals surface area (Å²) < 4.78 is 44.7. The van der Waals surface area contributed by atoms with Gasteiger partial charge < -0.3 is 4.74 Å². The predicted octanol–water partition coefficient (Wildman–Crippen LogP) is 5.94. The van der Waals surface area contributed by atoms with Crippen LogP contribution in [0.3, 0.4) is 0 Å². The van der Waals surface area contributed by atoms with Crippen molar-refractivity contribution >= 4 is 28.2 Å². The highest BCUT2D eigenvalue weighted by Crippen LogP contribution is 2.39. The monoisotopic (exact) mass is 419 g/mol. The number of para-hydroxylation sites is 2. The van der Waals surface area contributed by atoms with E-state index in [4.69, 9.17) is 4.74 Å². The van der Waals surface area contributed by atoms with Crippen LogP contribution in [0.1, 0.15) is 17.5 Å². The number of halogens is 3. The smallest absolute Gasteiger partial charge is 0.419 e. The van der Waals surface area contributed by atoms with Crippen molar-refractivity contribution in [2.45, 2.75) is 19.0 Å². The van der Waals surface area contributed by atoms with Crippen LogP contribution in [0.15, 0.2) is 54.7 Å². The number of carbonyl (C=O) groups is 1. The second kappa shape index (κ2) is 7.75. The van der Waals surface area contributed by atoms with Crippen molar-refractivity contribution in [3.8, 4) is 10.8 Å². The van der Waals surface area contributed by atoms with Gasteiger partial charge in [0.1, 0.15) is 5.75 Å². The molecule has 0 fully saturated rings. The molecule has 0 radical (unpaired) electrons. The number of hydrogen-bond acceptors (Lipinski definition) is 4. The Hall–Kier alpha value is -3.07. The Morgan fingerprint density at radius 3 is 2.72 bits per heavy atom. The van der Waals surface area contributed by atoms with Crippen molar-refractivity contribution in [2.75, 3.05) is 16.8 Å². The number of aryl methyl sites for hydroxylation is 1. The summed E-state index contributed by atoms with van der Waals surface area (Å²) in [5.74, 6) is -0.313. The average Bonchev–Trinajstić information content (AvgIpc) is 3.13. The van der Waals surface area contributed by atoms with E-state index in [2.05, 4.69) is 10.3 Å². The van der Waals surface area contributed by atoms with E-state index >= 15 is 0 Å².